The van der Waals surface area contributed by atoms with Crippen LogP contribution >= 0.6 is 0 Å². The second kappa shape index (κ2) is 4.56. The van der Waals surface area contributed by atoms with Crippen LogP contribution in [0.3, 0.4) is 0 Å². The molecule has 0 aromatic heterocycles. The van der Waals surface area contributed by atoms with E-state index in [0.717, 1.165) is 37.3 Å². The predicted octanol–water partition coefficient (Wildman–Crippen LogP) is 1.72. The monoisotopic (exact) mass is 245 g/mol. The maximum atomic E-state index is 6.06. The van der Waals surface area contributed by atoms with Gasteiger partial charge in [-0.15, -0.1) is 0 Å². The highest BCUT2D eigenvalue weighted by molar-refractivity contribution is 5.51. The second-order valence-corrected chi connectivity index (χ2v) is 5.88. The number of benzene rings is 1. The van der Waals surface area contributed by atoms with Crippen molar-refractivity contribution in [3.05, 3.63) is 29.3 Å². The average Bonchev–Trinajstić information content (AvgIpc) is 2.70. The number of fused-ring (bicyclic) bond motifs is 1. The molecule has 1 aromatic rings. The molecule has 0 radical (unpaired) electrons. The smallest absolute Gasteiger partial charge is 0.0350 e. The first-order chi connectivity index (χ1) is 8.65. The third-order valence-electron chi connectivity index (χ3n) is 4.71. The lowest BCUT2D eigenvalue weighted by atomic mass is 9.96. The largest absolute Gasteiger partial charge is 0.398 e. The number of nitrogen functional groups attached to an aromatic ring is 1. The fourth-order valence-electron chi connectivity index (χ4n) is 3.40. The molecule has 1 aromatic carbocycles. The van der Waals surface area contributed by atoms with E-state index in [1.54, 1.807) is 0 Å². The summed E-state index contributed by atoms with van der Waals surface area (Å²) < 4.78 is 0. The molecule has 2 aliphatic rings. The molecule has 18 heavy (non-hydrogen) atoms. The van der Waals surface area contributed by atoms with Crippen LogP contribution in [0.2, 0.25) is 0 Å². The van der Waals surface area contributed by atoms with Crippen LogP contribution in [0.15, 0.2) is 18.2 Å². The number of anilines is 1. The van der Waals surface area contributed by atoms with Crippen molar-refractivity contribution in [2.45, 2.75) is 38.4 Å². The van der Waals surface area contributed by atoms with Crippen LogP contribution in [0.1, 0.15) is 24.5 Å². The van der Waals surface area contributed by atoms with Crippen molar-refractivity contribution in [2.24, 2.45) is 0 Å². The molecule has 1 saturated heterocycles. The molecule has 2 atom stereocenters. The minimum atomic E-state index is 0.720. The zero-order valence-electron chi connectivity index (χ0n) is 11.4. The van der Waals surface area contributed by atoms with E-state index in [9.17, 15) is 0 Å². The molecule has 3 rings (SSSR count). The van der Waals surface area contributed by atoms with E-state index in [-0.39, 0.29) is 0 Å². The van der Waals surface area contributed by atoms with Gasteiger partial charge in [-0.1, -0.05) is 12.1 Å². The van der Waals surface area contributed by atoms with Crippen molar-refractivity contribution in [1.82, 2.24) is 9.80 Å². The molecule has 3 heteroatoms. The summed E-state index contributed by atoms with van der Waals surface area (Å²) in [6.45, 7) is 5.77. The van der Waals surface area contributed by atoms with Gasteiger partial charge in [-0.25, -0.2) is 0 Å². The molecule has 1 fully saturated rings. The first kappa shape index (κ1) is 12.0. The topological polar surface area (TPSA) is 32.5 Å². The number of rotatable bonds is 1. The normalized spacial score (nSPS) is 29.4. The Morgan fingerprint density at radius 1 is 1.33 bits per heavy atom. The minimum absolute atomic E-state index is 0.720. The van der Waals surface area contributed by atoms with E-state index in [1.165, 1.54) is 24.1 Å². The zero-order valence-corrected chi connectivity index (χ0v) is 11.4. The summed E-state index contributed by atoms with van der Waals surface area (Å²) in [6, 6.07) is 7.79. The SMILES string of the molecule is CC1CC(N2CCc3c(N)cccc3C2)CN1C. The molecule has 0 amide bonds. The Kier molecular flexibility index (Phi) is 3.04. The van der Waals surface area contributed by atoms with Gasteiger partial charge in [-0.3, -0.25) is 4.90 Å². The molecule has 2 unspecified atom stereocenters. The maximum absolute atomic E-state index is 6.06. The van der Waals surface area contributed by atoms with Crippen molar-refractivity contribution in [3.8, 4) is 0 Å². The number of nitrogens with zero attached hydrogens (tertiary/aromatic N) is 2. The Bertz CT molecular complexity index is 433. The fourth-order valence-corrected chi connectivity index (χ4v) is 3.40. The molecule has 0 aliphatic carbocycles. The summed E-state index contributed by atoms with van der Waals surface area (Å²) in [5.41, 5.74) is 9.85. The summed E-state index contributed by atoms with van der Waals surface area (Å²) in [6.07, 6.45) is 2.41. The zero-order chi connectivity index (χ0) is 12.7. The highest BCUT2D eigenvalue weighted by Gasteiger charge is 2.32. The maximum Gasteiger partial charge on any atom is 0.0350 e. The van der Waals surface area contributed by atoms with Crippen LogP contribution in [0.4, 0.5) is 5.69 Å². The highest BCUT2D eigenvalue weighted by Crippen LogP contribution is 2.28. The van der Waals surface area contributed by atoms with Gasteiger partial charge in [-0.05, 0) is 44.0 Å². The fraction of sp³-hybridized carbons (Fsp3) is 0.600. The molecule has 0 saturated carbocycles. The molecule has 2 heterocycles. The Morgan fingerprint density at radius 3 is 2.89 bits per heavy atom. The molecule has 3 nitrogen and oxygen atoms in total. The molecule has 0 bridgehead atoms. The van der Waals surface area contributed by atoms with Crippen molar-refractivity contribution in [3.63, 3.8) is 0 Å². The third kappa shape index (κ3) is 2.02. The lowest BCUT2D eigenvalue weighted by Gasteiger charge is -2.34. The van der Waals surface area contributed by atoms with Gasteiger partial charge in [-0.2, -0.15) is 0 Å². The number of hydrogen-bond acceptors (Lipinski definition) is 3. The first-order valence-corrected chi connectivity index (χ1v) is 6.95. The van der Waals surface area contributed by atoms with E-state index < -0.39 is 0 Å². The van der Waals surface area contributed by atoms with Gasteiger partial charge in [0.2, 0.25) is 0 Å². The van der Waals surface area contributed by atoms with Gasteiger partial charge in [0.25, 0.3) is 0 Å². The van der Waals surface area contributed by atoms with Crippen LogP contribution in [-0.4, -0.2) is 42.0 Å². The van der Waals surface area contributed by atoms with E-state index in [4.69, 9.17) is 5.73 Å². The Hall–Kier alpha value is -1.06. The van der Waals surface area contributed by atoms with Crippen molar-refractivity contribution in [2.75, 3.05) is 25.9 Å². The number of hydrogen-bond donors (Lipinski definition) is 1. The van der Waals surface area contributed by atoms with Crippen molar-refractivity contribution in [1.29, 1.82) is 0 Å². The van der Waals surface area contributed by atoms with Gasteiger partial charge in [0.15, 0.2) is 0 Å². The summed E-state index contributed by atoms with van der Waals surface area (Å²) in [5, 5.41) is 0. The number of likely N-dealkylation sites (N-methyl/N-ethyl adjacent to an activating group) is 1. The average molecular weight is 245 g/mol. The summed E-state index contributed by atoms with van der Waals surface area (Å²) in [4.78, 5) is 5.11. The minimum Gasteiger partial charge on any atom is -0.398 e. The molecule has 2 N–H and O–H groups in total. The standard InChI is InChI=1S/C15H23N3/c1-11-8-13(10-17(11)2)18-7-6-14-12(9-18)4-3-5-15(14)16/h3-5,11,13H,6-10,16H2,1-2H3. The highest BCUT2D eigenvalue weighted by atomic mass is 15.3. The van der Waals surface area contributed by atoms with Gasteiger partial charge in [0.05, 0.1) is 0 Å². The second-order valence-electron chi connectivity index (χ2n) is 5.88. The third-order valence-corrected chi connectivity index (χ3v) is 4.71. The van der Waals surface area contributed by atoms with Crippen molar-refractivity contribution < 1.29 is 0 Å². The van der Waals surface area contributed by atoms with Crippen LogP contribution in [0, 0.1) is 0 Å². The quantitative estimate of drug-likeness (QED) is 0.765. The van der Waals surface area contributed by atoms with Crippen molar-refractivity contribution >= 4 is 5.69 Å². The number of likely N-dealkylation sites (tertiary alicyclic amines) is 1. The van der Waals surface area contributed by atoms with E-state index in [0.29, 0.717) is 0 Å². The molecule has 2 aliphatic heterocycles. The Morgan fingerprint density at radius 2 is 2.17 bits per heavy atom. The summed E-state index contributed by atoms with van der Waals surface area (Å²) >= 11 is 0. The molecular formula is C15H23N3. The van der Waals surface area contributed by atoms with Crippen LogP contribution < -0.4 is 5.73 Å². The van der Waals surface area contributed by atoms with E-state index >= 15 is 0 Å². The first-order valence-electron chi connectivity index (χ1n) is 6.95. The van der Waals surface area contributed by atoms with E-state index in [2.05, 4.69) is 35.9 Å². The van der Waals surface area contributed by atoms with Crippen LogP contribution in [-0.2, 0) is 13.0 Å². The Balaban J connectivity index is 1.76. The van der Waals surface area contributed by atoms with Crippen LogP contribution in [0.25, 0.3) is 0 Å². The van der Waals surface area contributed by atoms with Gasteiger partial charge < -0.3 is 10.6 Å². The molecule has 98 valence electrons. The van der Waals surface area contributed by atoms with Gasteiger partial charge >= 0.3 is 0 Å². The lowest BCUT2D eigenvalue weighted by molar-refractivity contribution is 0.181. The Labute approximate surface area is 110 Å². The van der Waals surface area contributed by atoms with Gasteiger partial charge in [0, 0.05) is 37.4 Å². The number of nitrogens with two attached hydrogens (primary N) is 1. The van der Waals surface area contributed by atoms with E-state index in [1.807, 2.05) is 6.07 Å². The molecule has 0 spiro atoms. The summed E-state index contributed by atoms with van der Waals surface area (Å²) in [7, 11) is 2.24. The van der Waals surface area contributed by atoms with Gasteiger partial charge in [0.1, 0.15) is 0 Å². The van der Waals surface area contributed by atoms with Crippen LogP contribution in [0.5, 0.6) is 0 Å². The molecular weight excluding hydrogens is 222 g/mol. The lowest BCUT2D eigenvalue weighted by Crippen LogP contribution is -2.40. The predicted molar refractivity (Wildman–Crippen MR) is 75.5 cm³/mol. The summed E-state index contributed by atoms with van der Waals surface area (Å²) in [5.74, 6) is 0.